The summed E-state index contributed by atoms with van der Waals surface area (Å²) >= 11 is 0. The molecule has 132 valence electrons. The van der Waals surface area contributed by atoms with Crippen LogP contribution >= 0.6 is 0 Å². The number of benzene rings is 1. The van der Waals surface area contributed by atoms with Crippen LogP contribution in [0, 0.1) is 10.8 Å². The van der Waals surface area contributed by atoms with Crippen molar-refractivity contribution in [2.75, 3.05) is 37.7 Å². The van der Waals surface area contributed by atoms with E-state index in [-0.39, 0.29) is 10.8 Å². The number of piperazine rings is 1. The Hall–Kier alpha value is -1.55. The summed E-state index contributed by atoms with van der Waals surface area (Å²) in [6.07, 6.45) is 0. The molecule has 0 aromatic heterocycles. The van der Waals surface area contributed by atoms with Crippen LogP contribution in [0.4, 0.5) is 5.69 Å². The number of carbonyl (C=O) groups excluding carboxylic acids is 1. The molecule has 0 amide bonds. The molecule has 1 saturated heterocycles. The summed E-state index contributed by atoms with van der Waals surface area (Å²) in [5.74, 6) is 1.36. The van der Waals surface area contributed by atoms with Gasteiger partial charge in [-0.15, -0.1) is 0 Å². The van der Waals surface area contributed by atoms with Crippen LogP contribution in [0.1, 0.15) is 34.6 Å². The first-order chi connectivity index (χ1) is 11.3. The molecule has 0 unspecified atom stereocenters. The number of anilines is 1. The molecule has 1 saturated carbocycles. The molecule has 1 aromatic carbocycles. The first-order valence-corrected chi connectivity index (χ1v) is 9.06. The van der Waals surface area contributed by atoms with Gasteiger partial charge in [-0.3, -0.25) is 9.69 Å². The molecule has 1 aromatic rings. The van der Waals surface area contributed by atoms with Crippen molar-refractivity contribution in [2.45, 2.75) is 40.7 Å². The second-order valence-corrected chi connectivity index (χ2v) is 8.10. The van der Waals surface area contributed by atoms with Crippen LogP contribution in [0.3, 0.4) is 0 Å². The second-order valence-electron chi connectivity index (χ2n) is 8.10. The molecule has 0 radical (unpaired) electrons. The van der Waals surface area contributed by atoms with Crippen LogP contribution in [-0.2, 0) is 4.79 Å². The van der Waals surface area contributed by atoms with Crippen molar-refractivity contribution < 1.29 is 9.53 Å². The molecule has 1 heterocycles. The normalized spacial score (nSPS) is 23.9. The lowest BCUT2D eigenvalue weighted by atomic mass is 9.50. The lowest BCUT2D eigenvalue weighted by Crippen LogP contribution is -2.72. The van der Waals surface area contributed by atoms with E-state index in [1.807, 2.05) is 19.1 Å². The quantitative estimate of drug-likeness (QED) is 0.849. The molecule has 1 aliphatic carbocycles. The summed E-state index contributed by atoms with van der Waals surface area (Å²) in [7, 11) is 0. The van der Waals surface area contributed by atoms with Crippen molar-refractivity contribution in [3.8, 4) is 5.75 Å². The Morgan fingerprint density at radius 1 is 1.04 bits per heavy atom. The zero-order valence-electron chi connectivity index (χ0n) is 15.6. The highest BCUT2D eigenvalue weighted by atomic mass is 16.5. The number of nitrogens with zero attached hydrogens (tertiary/aromatic N) is 2. The van der Waals surface area contributed by atoms with E-state index in [4.69, 9.17) is 4.74 Å². The predicted molar refractivity (Wildman–Crippen MR) is 97.8 cm³/mol. The van der Waals surface area contributed by atoms with Crippen LogP contribution in [0.25, 0.3) is 0 Å². The predicted octanol–water partition coefficient (Wildman–Crippen LogP) is 3.21. The minimum absolute atomic E-state index is 0.227. The Kier molecular flexibility index (Phi) is 4.37. The van der Waals surface area contributed by atoms with E-state index < -0.39 is 0 Å². The molecule has 24 heavy (non-hydrogen) atoms. The SMILES string of the molecule is CCOc1ccccc1N1CCN(C2C(C)(C)C(=O)C2(C)C)CC1. The van der Waals surface area contributed by atoms with Crippen molar-refractivity contribution >= 4 is 11.5 Å². The number of ketones is 1. The van der Waals surface area contributed by atoms with Crippen molar-refractivity contribution in [3.63, 3.8) is 0 Å². The van der Waals surface area contributed by atoms with Crippen molar-refractivity contribution in [2.24, 2.45) is 10.8 Å². The number of para-hydroxylation sites is 2. The molecule has 4 heteroatoms. The minimum Gasteiger partial charge on any atom is -0.492 e. The third-order valence-electron chi connectivity index (χ3n) is 5.72. The number of hydrogen-bond acceptors (Lipinski definition) is 4. The van der Waals surface area contributed by atoms with Crippen LogP contribution < -0.4 is 9.64 Å². The molecule has 4 nitrogen and oxygen atoms in total. The molecule has 0 atom stereocenters. The Morgan fingerprint density at radius 3 is 2.21 bits per heavy atom. The molecule has 1 aliphatic heterocycles. The minimum atomic E-state index is -0.227. The smallest absolute Gasteiger partial charge is 0.147 e. The van der Waals surface area contributed by atoms with Crippen LogP contribution in [-0.4, -0.2) is 49.5 Å². The van der Waals surface area contributed by atoms with Gasteiger partial charge in [0.2, 0.25) is 0 Å². The lowest BCUT2D eigenvalue weighted by molar-refractivity contribution is -0.170. The van der Waals surface area contributed by atoms with Gasteiger partial charge in [0.05, 0.1) is 12.3 Å². The first kappa shape index (κ1) is 17.3. The molecule has 2 fully saturated rings. The average Bonchev–Trinajstić information content (AvgIpc) is 2.55. The van der Waals surface area contributed by atoms with Gasteiger partial charge in [0.25, 0.3) is 0 Å². The van der Waals surface area contributed by atoms with Gasteiger partial charge in [0.15, 0.2) is 0 Å². The first-order valence-electron chi connectivity index (χ1n) is 9.06. The van der Waals surface area contributed by atoms with E-state index in [1.54, 1.807) is 0 Å². The van der Waals surface area contributed by atoms with Gasteiger partial charge in [-0.1, -0.05) is 39.8 Å². The van der Waals surface area contributed by atoms with E-state index in [1.165, 1.54) is 5.69 Å². The van der Waals surface area contributed by atoms with Gasteiger partial charge in [0, 0.05) is 43.1 Å². The largest absolute Gasteiger partial charge is 0.492 e. The number of Topliss-reactive ketones (excluding diaryl/α,β-unsaturated/α-hetero) is 1. The van der Waals surface area contributed by atoms with Crippen molar-refractivity contribution in [3.05, 3.63) is 24.3 Å². The topological polar surface area (TPSA) is 32.8 Å². The van der Waals surface area contributed by atoms with E-state index in [2.05, 4.69) is 49.6 Å². The van der Waals surface area contributed by atoms with Gasteiger partial charge in [-0.25, -0.2) is 0 Å². The van der Waals surface area contributed by atoms with Crippen molar-refractivity contribution in [1.82, 2.24) is 4.90 Å². The van der Waals surface area contributed by atoms with Gasteiger partial charge in [0.1, 0.15) is 11.5 Å². The summed E-state index contributed by atoms with van der Waals surface area (Å²) in [6.45, 7) is 15.0. The standard InChI is InChI=1S/C20H30N2O2/c1-6-24-16-10-8-7-9-15(16)21-11-13-22(14-12-21)17-19(2,3)18(23)20(17,4)5/h7-10,17H,6,11-14H2,1-5H3. The Balaban J connectivity index is 1.70. The maximum Gasteiger partial charge on any atom is 0.147 e. The van der Waals surface area contributed by atoms with Crippen molar-refractivity contribution in [1.29, 1.82) is 0 Å². The highest BCUT2D eigenvalue weighted by molar-refractivity contribution is 5.97. The van der Waals surface area contributed by atoms with Gasteiger partial charge in [-0.2, -0.15) is 0 Å². The number of ether oxygens (including phenoxy) is 1. The second kappa shape index (κ2) is 6.07. The molecule has 0 N–H and O–H groups in total. The molecule has 2 aliphatic rings. The average molecular weight is 330 g/mol. The summed E-state index contributed by atoms with van der Waals surface area (Å²) in [6, 6.07) is 8.61. The van der Waals surface area contributed by atoms with E-state index >= 15 is 0 Å². The molecular weight excluding hydrogens is 300 g/mol. The fourth-order valence-corrected chi connectivity index (χ4v) is 5.03. The molecular formula is C20H30N2O2. The summed E-state index contributed by atoms with van der Waals surface area (Å²) in [4.78, 5) is 17.3. The van der Waals surface area contributed by atoms with E-state index in [0.29, 0.717) is 18.4 Å². The maximum absolute atomic E-state index is 12.4. The fraction of sp³-hybridized carbons (Fsp3) is 0.650. The summed E-state index contributed by atoms with van der Waals surface area (Å²) < 4.78 is 5.78. The summed E-state index contributed by atoms with van der Waals surface area (Å²) in [5, 5.41) is 0. The van der Waals surface area contributed by atoms with Gasteiger partial charge < -0.3 is 9.64 Å². The number of carbonyl (C=O) groups is 1. The van der Waals surface area contributed by atoms with Crippen LogP contribution in [0.2, 0.25) is 0 Å². The Bertz CT molecular complexity index is 598. The van der Waals surface area contributed by atoms with E-state index in [9.17, 15) is 4.79 Å². The van der Waals surface area contributed by atoms with E-state index in [0.717, 1.165) is 31.9 Å². The Labute approximate surface area is 145 Å². The lowest BCUT2D eigenvalue weighted by Gasteiger charge is -2.60. The monoisotopic (exact) mass is 330 g/mol. The number of rotatable bonds is 4. The summed E-state index contributed by atoms with van der Waals surface area (Å²) in [5.41, 5.74) is 0.728. The molecule has 0 spiro atoms. The van der Waals surface area contributed by atoms with Gasteiger partial charge in [-0.05, 0) is 19.1 Å². The Morgan fingerprint density at radius 2 is 1.62 bits per heavy atom. The highest BCUT2D eigenvalue weighted by Crippen LogP contribution is 2.53. The number of hydrogen-bond donors (Lipinski definition) is 0. The zero-order chi connectivity index (χ0) is 17.5. The third kappa shape index (κ3) is 2.61. The fourth-order valence-electron chi connectivity index (χ4n) is 5.03. The highest BCUT2D eigenvalue weighted by Gasteiger charge is 2.63. The van der Waals surface area contributed by atoms with Crippen LogP contribution in [0.5, 0.6) is 5.75 Å². The maximum atomic E-state index is 12.4. The zero-order valence-corrected chi connectivity index (χ0v) is 15.6. The third-order valence-corrected chi connectivity index (χ3v) is 5.72. The van der Waals surface area contributed by atoms with Crippen LogP contribution in [0.15, 0.2) is 24.3 Å². The molecule has 3 rings (SSSR count). The van der Waals surface area contributed by atoms with Gasteiger partial charge >= 0.3 is 0 Å². The molecule has 0 bridgehead atoms.